The molecule has 57 heavy (non-hydrogen) atoms. The zero-order chi connectivity index (χ0) is 41.4. The van der Waals surface area contributed by atoms with Crippen molar-refractivity contribution in [2.24, 2.45) is 0 Å². The largest absolute Gasteiger partial charge is 0.417 e. The number of imide groups is 1. The summed E-state index contributed by atoms with van der Waals surface area (Å²) in [5.41, 5.74) is -2.93. The lowest BCUT2D eigenvalue weighted by Gasteiger charge is -2.44. The Bertz CT molecular complexity index is 1950. The number of nitrogens with one attached hydrogen (secondary N) is 2. The molecule has 1 aromatic carbocycles. The van der Waals surface area contributed by atoms with Gasteiger partial charge in [0.05, 0.1) is 47.6 Å². The number of alkyl halides is 3. The van der Waals surface area contributed by atoms with E-state index in [4.69, 9.17) is 17.0 Å². The molecule has 4 fully saturated rings. The van der Waals surface area contributed by atoms with Crippen LogP contribution < -0.4 is 15.5 Å². The van der Waals surface area contributed by atoms with Gasteiger partial charge in [0.15, 0.2) is 5.11 Å². The molecule has 6 rings (SSSR count). The second-order valence-corrected chi connectivity index (χ2v) is 16.7. The summed E-state index contributed by atoms with van der Waals surface area (Å²) in [6.45, 7) is 12.4. The molecule has 3 aliphatic heterocycles. The van der Waals surface area contributed by atoms with E-state index in [1.807, 2.05) is 4.90 Å². The van der Waals surface area contributed by atoms with E-state index in [1.165, 1.54) is 6.07 Å². The Morgan fingerprint density at radius 2 is 1.75 bits per heavy atom. The van der Waals surface area contributed by atoms with Gasteiger partial charge in [0.2, 0.25) is 17.7 Å². The van der Waals surface area contributed by atoms with Gasteiger partial charge in [-0.15, -0.1) is 0 Å². The summed E-state index contributed by atoms with van der Waals surface area (Å²) in [6.07, 6.45) is 0.289. The van der Waals surface area contributed by atoms with Crippen LogP contribution in [0, 0.1) is 11.3 Å². The zero-order valence-electron chi connectivity index (χ0n) is 32.8. The Hall–Kier alpha value is -4.50. The fourth-order valence-corrected chi connectivity index (χ4v) is 9.27. The van der Waals surface area contributed by atoms with Crippen LogP contribution in [0.5, 0.6) is 0 Å². The molecule has 3 atom stereocenters. The average molecular weight is 811 g/mol. The number of hydrogen-bond acceptors (Lipinski definition) is 10. The molecule has 4 aliphatic rings. The molecular formula is C40H49F3N8O5S. The van der Waals surface area contributed by atoms with E-state index in [9.17, 15) is 37.6 Å². The molecule has 2 aromatic rings. The lowest BCUT2D eigenvalue weighted by atomic mass is 9.76. The molecule has 1 aliphatic carbocycles. The van der Waals surface area contributed by atoms with Crippen LogP contribution in [0.2, 0.25) is 0 Å². The number of piperazine rings is 1. The van der Waals surface area contributed by atoms with Gasteiger partial charge in [-0.2, -0.15) is 18.4 Å². The topological polar surface area (TPSA) is 151 Å². The summed E-state index contributed by atoms with van der Waals surface area (Å²) in [4.78, 5) is 62.9. The number of nitrogens with zero attached hydrogens (tertiary/aromatic N) is 6. The number of rotatable bonds is 10. The standard InChI is InChI=1S/C40H49F3N8O5S/c1-24-21-48(22-25(2)49(24)23-34(53)46-32-18-27(13-15-45-32)39(5)14-12-33(52)47-35(39)54)16-17-56-30-10-8-28(9-11-30)51-37(57)50(36(55)38(51,3)4)29-7-6-26(20-44)31(19-29)40(41,42)43/h6-7,13,15,18-19,24-25,28,30H,8-12,14,16-17,21-23H2,1-5H3,(H,45,46,53)(H,47,52,54)/t24-,25+,28?,30?,39-/m0/s1. The van der Waals surface area contributed by atoms with Crippen LogP contribution >= 0.6 is 12.2 Å². The maximum atomic E-state index is 13.7. The molecule has 0 unspecified atom stereocenters. The van der Waals surface area contributed by atoms with Crippen LogP contribution in [0.15, 0.2) is 36.5 Å². The van der Waals surface area contributed by atoms with Gasteiger partial charge < -0.3 is 15.0 Å². The van der Waals surface area contributed by atoms with E-state index in [2.05, 4.69) is 39.3 Å². The second kappa shape index (κ2) is 16.4. The number of anilines is 2. The van der Waals surface area contributed by atoms with Crippen LogP contribution in [-0.2, 0) is 35.5 Å². The molecular weight excluding hydrogens is 762 g/mol. The quantitative estimate of drug-likeness (QED) is 0.253. The van der Waals surface area contributed by atoms with Gasteiger partial charge in [-0.25, -0.2) is 4.98 Å². The molecule has 1 saturated carbocycles. The molecule has 0 bridgehead atoms. The van der Waals surface area contributed by atoms with Crippen molar-refractivity contribution in [1.29, 1.82) is 5.26 Å². The maximum absolute atomic E-state index is 13.7. The number of carbonyl (C=O) groups excluding carboxylic acids is 4. The van der Waals surface area contributed by atoms with E-state index in [0.717, 1.165) is 49.5 Å². The number of nitriles is 1. The van der Waals surface area contributed by atoms with Gasteiger partial charge in [-0.1, -0.05) is 0 Å². The van der Waals surface area contributed by atoms with Gasteiger partial charge in [-0.3, -0.25) is 39.2 Å². The molecule has 4 heterocycles. The number of pyridine rings is 1. The Labute approximate surface area is 335 Å². The van der Waals surface area contributed by atoms with Gasteiger partial charge in [0.25, 0.3) is 5.91 Å². The Morgan fingerprint density at radius 1 is 1.07 bits per heavy atom. The number of thiocarbonyl (C=S) groups is 1. The number of ether oxygens (including phenoxy) is 1. The summed E-state index contributed by atoms with van der Waals surface area (Å²) in [5.74, 6) is -0.935. The van der Waals surface area contributed by atoms with Crippen molar-refractivity contribution in [2.45, 2.75) is 115 Å². The second-order valence-electron chi connectivity index (χ2n) is 16.3. The highest BCUT2D eigenvalue weighted by atomic mass is 32.1. The number of carbonyl (C=O) groups is 4. The van der Waals surface area contributed by atoms with Crippen LogP contribution in [0.25, 0.3) is 0 Å². The van der Waals surface area contributed by atoms with E-state index in [1.54, 1.807) is 45.2 Å². The molecule has 17 heteroatoms. The van der Waals surface area contributed by atoms with Crippen molar-refractivity contribution in [1.82, 2.24) is 25.0 Å². The number of amides is 4. The fourth-order valence-electron chi connectivity index (χ4n) is 8.70. The smallest absolute Gasteiger partial charge is 0.377 e. The van der Waals surface area contributed by atoms with E-state index >= 15 is 0 Å². The van der Waals surface area contributed by atoms with Crippen LogP contribution in [-0.4, -0.2) is 111 Å². The van der Waals surface area contributed by atoms with Crippen molar-refractivity contribution >= 4 is 52.5 Å². The van der Waals surface area contributed by atoms with Crippen molar-refractivity contribution in [2.75, 3.05) is 43.0 Å². The lowest BCUT2D eigenvalue weighted by Crippen LogP contribution is -2.58. The first-order valence-corrected chi connectivity index (χ1v) is 19.7. The Kier molecular flexibility index (Phi) is 12.1. The van der Waals surface area contributed by atoms with Crippen LogP contribution in [0.3, 0.4) is 0 Å². The molecule has 306 valence electrons. The average Bonchev–Trinajstić information content (AvgIpc) is 3.33. The summed E-state index contributed by atoms with van der Waals surface area (Å²) in [6, 6.07) is 8.30. The SMILES string of the molecule is C[C@@H]1CN(CCOC2CCC(N3C(=S)N(c4ccc(C#N)c(C(F)(F)F)c4)C(=O)C3(C)C)CC2)C[C@H](C)N1CC(=O)Nc1cc([C@]2(C)CCC(=O)NC2=O)ccn1. The van der Waals surface area contributed by atoms with Crippen LogP contribution in [0.1, 0.15) is 89.8 Å². The third-order valence-electron chi connectivity index (χ3n) is 12.0. The number of hydrogen-bond donors (Lipinski definition) is 2. The van der Waals surface area contributed by atoms with Gasteiger partial charge >= 0.3 is 6.18 Å². The Morgan fingerprint density at radius 3 is 2.39 bits per heavy atom. The molecule has 1 aromatic heterocycles. The van der Waals surface area contributed by atoms with Crippen molar-refractivity contribution in [3.05, 3.63) is 53.2 Å². The first-order valence-electron chi connectivity index (χ1n) is 19.3. The van der Waals surface area contributed by atoms with Gasteiger partial charge in [0, 0.05) is 50.4 Å². The number of halogens is 3. The molecule has 3 saturated heterocycles. The predicted molar refractivity (Wildman–Crippen MR) is 209 cm³/mol. The summed E-state index contributed by atoms with van der Waals surface area (Å²) in [5, 5.41) is 14.7. The third-order valence-corrected chi connectivity index (χ3v) is 12.3. The highest BCUT2D eigenvalue weighted by Gasteiger charge is 2.53. The third kappa shape index (κ3) is 8.69. The van der Waals surface area contributed by atoms with Crippen molar-refractivity contribution in [3.8, 4) is 6.07 Å². The normalized spacial score (nSPS) is 27.4. The highest BCUT2D eigenvalue weighted by Crippen LogP contribution is 2.41. The summed E-state index contributed by atoms with van der Waals surface area (Å²) in [7, 11) is 0. The summed E-state index contributed by atoms with van der Waals surface area (Å²) < 4.78 is 47.5. The fraction of sp³-hybridized carbons (Fsp3) is 0.575. The minimum atomic E-state index is -4.77. The van der Waals surface area contributed by atoms with Crippen molar-refractivity contribution < 1.29 is 37.1 Å². The maximum Gasteiger partial charge on any atom is 0.417 e. The first-order chi connectivity index (χ1) is 26.8. The minimum absolute atomic E-state index is 0.0159. The van der Waals surface area contributed by atoms with Crippen LogP contribution in [0.4, 0.5) is 24.7 Å². The number of benzene rings is 1. The van der Waals surface area contributed by atoms with Crippen molar-refractivity contribution in [3.63, 3.8) is 0 Å². The minimum Gasteiger partial charge on any atom is -0.377 e. The van der Waals surface area contributed by atoms with E-state index < -0.39 is 34.2 Å². The monoisotopic (exact) mass is 810 g/mol. The number of piperidine rings is 1. The predicted octanol–water partition coefficient (Wildman–Crippen LogP) is 4.74. The molecule has 13 nitrogen and oxygen atoms in total. The molecule has 2 N–H and O–H groups in total. The van der Waals surface area contributed by atoms with E-state index in [0.29, 0.717) is 37.3 Å². The van der Waals surface area contributed by atoms with Gasteiger partial charge in [-0.05, 0) is 115 Å². The van der Waals surface area contributed by atoms with E-state index in [-0.39, 0.29) is 65.7 Å². The molecule has 4 amide bonds. The lowest BCUT2D eigenvalue weighted by molar-refractivity contribution is -0.138. The molecule has 0 spiro atoms. The first kappa shape index (κ1) is 42.1. The highest BCUT2D eigenvalue weighted by molar-refractivity contribution is 7.80. The Balaban J connectivity index is 0.960. The zero-order valence-corrected chi connectivity index (χ0v) is 33.6. The number of aromatic nitrogens is 1. The van der Waals surface area contributed by atoms with Gasteiger partial charge in [0.1, 0.15) is 11.4 Å². The summed E-state index contributed by atoms with van der Waals surface area (Å²) >= 11 is 5.74. The molecule has 0 radical (unpaired) electrons.